The number of nitrogens with one attached hydrogen (secondary N) is 2. The highest BCUT2D eigenvalue weighted by Crippen LogP contribution is 2.13. The first kappa shape index (κ1) is 17.3. The van der Waals surface area contributed by atoms with E-state index in [0.29, 0.717) is 18.2 Å². The van der Waals surface area contributed by atoms with Gasteiger partial charge in [0.2, 0.25) is 0 Å². The Morgan fingerprint density at radius 1 is 1.28 bits per heavy atom. The van der Waals surface area contributed by atoms with Crippen LogP contribution in [0.25, 0.3) is 5.69 Å². The smallest absolute Gasteiger partial charge is 0.271 e. The zero-order valence-electron chi connectivity index (χ0n) is 13.9. The van der Waals surface area contributed by atoms with Crippen LogP contribution in [0.15, 0.2) is 41.2 Å². The van der Waals surface area contributed by atoms with Crippen LogP contribution in [0.5, 0.6) is 0 Å². The van der Waals surface area contributed by atoms with Crippen molar-refractivity contribution in [3.63, 3.8) is 0 Å². The number of aromatic nitrogens is 2. The zero-order chi connectivity index (χ0) is 17.6. The van der Waals surface area contributed by atoms with Gasteiger partial charge in [0.25, 0.3) is 11.5 Å². The molecule has 3 rings (SSSR count). The van der Waals surface area contributed by atoms with Crippen molar-refractivity contribution in [2.75, 3.05) is 19.6 Å². The van der Waals surface area contributed by atoms with E-state index in [4.69, 9.17) is 0 Å². The van der Waals surface area contributed by atoms with Gasteiger partial charge in [-0.2, -0.15) is 9.78 Å². The van der Waals surface area contributed by atoms with Gasteiger partial charge in [0.05, 0.1) is 5.69 Å². The van der Waals surface area contributed by atoms with Gasteiger partial charge >= 0.3 is 0 Å². The van der Waals surface area contributed by atoms with Crippen LogP contribution in [-0.4, -0.2) is 35.3 Å². The molecular formula is C18H21FN4O2. The zero-order valence-corrected chi connectivity index (χ0v) is 13.9. The highest BCUT2D eigenvalue weighted by molar-refractivity contribution is 5.92. The largest absolute Gasteiger partial charge is 0.351 e. The number of carbonyl (C=O) groups excluding carboxylic acids is 1. The van der Waals surface area contributed by atoms with Gasteiger partial charge in [-0.15, -0.1) is 0 Å². The molecule has 132 valence electrons. The summed E-state index contributed by atoms with van der Waals surface area (Å²) in [6, 6.07) is 8.07. The Morgan fingerprint density at radius 3 is 2.80 bits per heavy atom. The molecule has 1 atom stereocenters. The summed E-state index contributed by atoms with van der Waals surface area (Å²) in [6.45, 7) is 2.63. The molecule has 1 unspecified atom stereocenters. The summed E-state index contributed by atoms with van der Waals surface area (Å²) >= 11 is 0. The average molecular weight is 344 g/mol. The molecule has 2 aromatic rings. The molecule has 6 nitrogen and oxygen atoms in total. The van der Waals surface area contributed by atoms with Gasteiger partial charge in [0, 0.05) is 12.6 Å². The van der Waals surface area contributed by atoms with Crippen molar-refractivity contribution >= 4 is 5.91 Å². The molecule has 0 saturated carbocycles. The molecule has 0 spiro atoms. The van der Waals surface area contributed by atoms with Crippen LogP contribution >= 0.6 is 0 Å². The predicted molar refractivity (Wildman–Crippen MR) is 92.3 cm³/mol. The Hall–Kier alpha value is -2.54. The SMILES string of the molecule is O=C(NCCC1CCCNC1)c1ccc(=O)n(-c2ccc(F)cc2)n1. The van der Waals surface area contributed by atoms with Crippen molar-refractivity contribution in [2.24, 2.45) is 5.92 Å². The molecule has 0 bridgehead atoms. The van der Waals surface area contributed by atoms with Crippen molar-refractivity contribution in [3.05, 3.63) is 58.3 Å². The summed E-state index contributed by atoms with van der Waals surface area (Å²) < 4.78 is 14.1. The molecule has 0 radical (unpaired) electrons. The van der Waals surface area contributed by atoms with Crippen molar-refractivity contribution in [1.82, 2.24) is 20.4 Å². The number of nitrogens with zero attached hydrogens (tertiary/aromatic N) is 2. The fraction of sp³-hybridized carbons (Fsp3) is 0.389. The first-order valence-corrected chi connectivity index (χ1v) is 8.49. The number of hydrogen-bond acceptors (Lipinski definition) is 4. The maximum absolute atomic E-state index is 13.0. The summed E-state index contributed by atoms with van der Waals surface area (Å²) in [5.41, 5.74) is 0.191. The summed E-state index contributed by atoms with van der Waals surface area (Å²) in [6.07, 6.45) is 3.26. The maximum Gasteiger partial charge on any atom is 0.271 e. The van der Waals surface area contributed by atoms with Gasteiger partial charge in [-0.25, -0.2) is 4.39 Å². The van der Waals surface area contributed by atoms with Gasteiger partial charge in [-0.3, -0.25) is 9.59 Å². The minimum Gasteiger partial charge on any atom is -0.351 e. The first-order chi connectivity index (χ1) is 12.1. The Balaban J connectivity index is 1.65. The van der Waals surface area contributed by atoms with Gasteiger partial charge < -0.3 is 10.6 Å². The lowest BCUT2D eigenvalue weighted by Crippen LogP contribution is -2.34. The second kappa shape index (κ2) is 8.02. The molecule has 1 fully saturated rings. The third-order valence-corrected chi connectivity index (χ3v) is 4.34. The third-order valence-electron chi connectivity index (χ3n) is 4.34. The van der Waals surface area contributed by atoms with E-state index in [1.54, 1.807) is 0 Å². The van der Waals surface area contributed by atoms with Crippen LogP contribution in [0, 0.1) is 11.7 Å². The molecule has 1 aromatic heterocycles. The van der Waals surface area contributed by atoms with Crippen molar-refractivity contribution < 1.29 is 9.18 Å². The van der Waals surface area contributed by atoms with Crippen molar-refractivity contribution in [3.8, 4) is 5.69 Å². The lowest BCUT2D eigenvalue weighted by atomic mass is 9.96. The molecule has 1 saturated heterocycles. The minimum atomic E-state index is -0.400. The van der Waals surface area contributed by atoms with Crippen molar-refractivity contribution in [1.29, 1.82) is 0 Å². The Bertz CT molecular complexity index is 782. The number of rotatable bonds is 5. The molecule has 2 N–H and O–H groups in total. The van der Waals surface area contributed by atoms with Crippen LogP contribution < -0.4 is 16.2 Å². The third kappa shape index (κ3) is 4.51. The van der Waals surface area contributed by atoms with E-state index in [-0.39, 0.29) is 17.2 Å². The molecule has 1 aliphatic heterocycles. The summed E-state index contributed by atoms with van der Waals surface area (Å²) in [4.78, 5) is 24.2. The number of amides is 1. The van der Waals surface area contributed by atoms with Crippen LogP contribution in [0.1, 0.15) is 29.8 Å². The Kier molecular flexibility index (Phi) is 5.55. The maximum atomic E-state index is 13.0. The van der Waals surface area contributed by atoms with Gasteiger partial charge in [-0.05, 0) is 68.6 Å². The monoisotopic (exact) mass is 344 g/mol. The fourth-order valence-electron chi connectivity index (χ4n) is 2.95. The normalized spacial score (nSPS) is 17.2. The van der Waals surface area contributed by atoms with E-state index in [1.807, 2.05) is 0 Å². The van der Waals surface area contributed by atoms with Crippen LogP contribution in [0.2, 0.25) is 0 Å². The number of benzene rings is 1. The molecule has 2 heterocycles. The Morgan fingerprint density at radius 2 is 2.08 bits per heavy atom. The highest BCUT2D eigenvalue weighted by atomic mass is 19.1. The van der Waals surface area contributed by atoms with E-state index in [9.17, 15) is 14.0 Å². The lowest BCUT2D eigenvalue weighted by Gasteiger charge is -2.22. The number of hydrogen-bond donors (Lipinski definition) is 2. The molecule has 7 heteroatoms. The van der Waals surface area contributed by atoms with Crippen LogP contribution in [0.3, 0.4) is 0 Å². The number of halogens is 1. The topological polar surface area (TPSA) is 76.0 Å². The molecule has 25 heavy (non-hydrogen) atoms. The highest BCUT2D eigenvalue weighted by Gasteiger charge is 2.14. The lowest BCUT2D eigenvalue weighted by molar-refractivity contribution is 0.0944. The number of carbonyl (C=O) groups is 1. The average Bonchev–Trinajstić information content (AvgIpc) is 2.64. The van der Waals surface area contributed by atoms with E-state index < -0.39 is 5.82 Å². The minimum absolute atomic E-state index is 0.158. The van der Waals surface area contributed by atoms with E-state index in [0.717, 1.165) is 24.2 Å². The van der Waals surface area contributed by atoms with E-state index in [1.165, 1.54) is 49.2 Å². The summed E-state index contributed by atoms with van der Waals surface area (Å²) in [5.74, 6) is -0.141. The standard InChI is InChI=1S/C18H21FN4O2/c19-14-3-5-15(6-4-14)23-17(24)8-7-16(22-23)18(25)21-11-9-13-2-1-10-20-12-13/h3-8,13,20H,1-2,9-12H2,(H,21,25). The van der Waals surface area contributed by atoms with Crippen molar-refractivity contribution in [2.45, 2.75) is 19.3 Å². The summed E-state index contributed by atoms with van der Waals surface area (Å²) in [7, 11) is 0. The van der Waals surface area contributed by atoms with E-state index >= 15 is 0 Å². The molecule has 1 aromatic carbocycles. The Labute approximate surface area is 145 Å². The van der Waals surface area contributed by atoms with Crippen LogP contribution in [-0.2, 0) is 0 Å². The van der Waals surface area contributed by atoms with Gasteiger partial charge in [-0.1, -0.05) is 0 Å². The van der Waals surface area contributed by atoms with Crippen LogP contribution in [0.4, 0.5) is 4.39 Å². The molecule has 1 aliphatic rings. The molecular weight excluding hydrogens is 323 g/mol. The fourth-order valence-corrected chi connectivity index (χ4v) is 2.95. The first-order valence-electron chi connectivity index (χ1n) is 8.49. The second-order valence-corrected chi connectivity index (χ2v) is 6.20. The second-order valence-electron chi connectivity index (χ2n) is 6.20. The molecule has 0 aliphatic carbocycles. The summed E-state index contributed by atoms with van der Waals surface area (Å²) in [5, 5.41) is 10.3. The van der Waals surface area contributed by atoms with Gasteiger partial charge in [0.1, 0.15) is 11.5 Å². The molecule has 1 amide bonds. The van der Waals surface area contributed by atoms with E-state index in [2.05, 4.69) is 15.7 Å². The van der Waals surface area contributed by atoms with Gasteiger partial charge in [0.15, 0.2) is 0 Å². The number of piperidine rings is 1. The quantitative estimate of drug-likeness (QED) is 0.862. The predicted octanol–water partition coefficient (Wildman–Crippen LogP) is 1.49.